The second kappa shape index (κ2) is 9.43. The monoisotopic (exact) mass is 537 g/mol. The molecule has 0 aliphatic rings. The third kappa shape index (κ3) is 5.96. The molecule has 1 amide bonds. The molecule has 0 bridgehead atoms. The minimum Gasteiger partial charge on any atom is -0.488 e. The fourth-order valence-electron chi connectivity index (χ4n) is 2.78. The van der Waals surface area contributed by atoms with Gasteiger partial charge >= 0.3 is 0 Å². The van der Waals surface area contributed by atoms with Crippen molar-refractivity contribution in [3.63, 3.8) is 0 Å². The molecule has 0 heterocycles. The predicted octanol–water partition coefficient (Wildman–Crippen LogP) is 3.86. The number of halogens is 1. The van der Waals surface area contributed by atoms with Gasteiger partial charge in [-0.15, -0.1) is 0 Å². The van der Waals surface area contributed by atoms with E-state index < -0.39 is 25.8 Å². The second-order valence-corrected chi connectivity index (χ2v) is 11.7. The predicted molar refractivity (Wildman–Crippen MR) is 124 cm³/mol. The van der Waals surface area contributed by atoms with Gasteiger partial charge in [-0.2, -0.15) is 0 Å². The molecule has 168 valence electrons. The number of sulfone groups is 1. The average Bonchev–Trinajstić information content (AvgIpc) is 2.72. The van der Waals surface area contributed by atoms with Gasteiger partial charge in [-0.1, -0.05) is 34.1 Å². The highest BCUT2D eigenvalue weighted by molar-refractivity contribution is 9.10. The minimum atomic E-state index is -4.22. The van der Waals surface area contributed by atoms with Crippen molar-refractivity contribution in [1.29, 1.82) is 0 Å². The number of carbonyl (C=O) groups is 1. The van der Waals surface area contributed by atoms with Gasteiger partial charge in [0.15, 0.2) is 9.84 Å². The number of rotatable bonds is 7. The van der Waals surface area contributed by atoms with Crippen LogP contribution in [0, 0.1) is 6.92 Å². The Morgan fingerprint density at radius 1 is 0.906 bits per heavy atom. The molecule has 3 rings (SSSR count). The molecule has 3 aromatic rings. The van der Waals surface area contributed by atoms with Crippen LogP contribution in [0.3, 0.4) is 0 Å². The van der Waals surface area contributed by atoms with E-state index in [1.807, 2.05) is 35.9 Å². The smallest absolute Gasteiger partial charge is 0.268 e. The lowest BCUT2D eigenvalue weighted by molar-refractivity contribution is 0.0977. The summed E-state index contributed by atoms with van der Waals surface area (Å²) in [6.45, 7) is 2.02. The van der Waals surface area contributed by atoms with Crippen LogP contribution in [0.5, 0.6) is 5.75 Å². The quantitative estimate of drug-likeness (QED) is 0.490. The summed E-state index contributed by atoms with van der Waals surface area (Å²) in [5.41, 5.74) is 1.77. The van der Waals surface area contributed by atoms with Crippen LogP contribution in [0.1, 0.15) is 21.5 Å². The van der Waals surface area contributed by atoms with Crippen LogP contribution in [0.2, 0.25) is 0 Å². The summed E-state index contributed by atoms with van der Waals surface area (Å²) >= 11 is 3.36. The lowest BCUT2D eigenvalue weighted by Gasteiger charge is -2.13. The van der Waals surface area contributed by atoms with Crippen LogP contribution in [-0.4, -0.2) is 29.0 Å². The first-order chi connectivity index (χ1) is 15.0. The first-order valence-corrected chi connectivity index (χ1v) is 13.5. The number of carbonyl (C=O) groups excluding carboxylic acids is 1. The van der Waals surface area contributed by atoms with Crippen LogP contribution >= 0.6 is 15.9 Å². The third-order valence-corrected chi connectivity index (χ3v) is 7.48. The number of amides is 1. The van der Waals surface area contributed by atoms with Crippen molar-refractivity contribution >= 4 is 41.7 Å². The van der Waals surface area contributed by atoms with Gasteiger partial charge < -0.3 is 4.74 Å². The van der Waals surface area contributed by atoms with Crippen LogP contribution in [-0.2, 0) is 26.5 Å². The lowest BCUT2D eigenvalue weighted by atomic mass is 10.1. The first kappa shape index (κ1) is 24.0. The minimum absolute atomic E-state index is 0.0232. The maximum atomic E-state index is 12.8. The van der Waals surface area contributed by atoms with E-state index in [9.17, 15) is 21.6 Å². The molecule has 32 heavy (non-hydrogen) atoms. The summed E-state index contributed by atoms with van der Waals surface area (Å²) < 4.78 is 57.1. The van der Waals surface area contributed by atoms with Crippen molar-refractivity contribution in [3.05, 3.63) is 87.9 Å². The molecule has 0 aliphatic heterocycles. The van der Waals surface area contributed by atoms with Crippen molar-refractivity contribution in [3.8, 4) is 5.75 Å². The van der Waals surface area contributed by atoms with Gasteiger partial charge in [0.05, 0.1) is 15.4 Å². The maximum Gasteiger partial charge on any atom is 0.268 e. The van der Waals surface area contributed by atoms with E-state index in [0.717, 1.165) is 34.0 Å². The highest BCUT2D eigenvalue weighted by Crippen LogP contribution is 2.23. The zero-order chi connectivity index (χ0) is 23.5. The molecule has 1 N–H and O–H groups in total. The summed E-state index contributed by atoms with van der Waals surface area (Å²) in [5, 5.41) is 0. The molecule has 0 fully saturated rings. The molecule has 7 nitrogen and oxygen atoms in total. The van der Waals surface area contributed by atoms with E-state index in [1.165, 1.54) is 18.2 Å². The Morgan fingerprint density at radius 3 is 2.09 bits per heavy atom. The number of aryl methyl sites for hydroxylation is 1. The highest BCUT2D eigenvalue weighted by Gasteiger charge is 2.22. The van der Waals surface area contributed by atoms with Gasteiger partial charge in [-0.05, 0) is 66.6 Å². The molecule has 0 spiro atoms. The topological polar surface area (TPSA) is 107 Å². The molecule has 0 radical (unpaired) electrons. The summed E-state index contributed by atoms with van der Waals surface area (Å²) in [4.78, 5) is 12.5. The van der Waals surface area contributed by atoms with Crippen molar-refractivity contribution in [2.75, 3.05) is 6.26 Å². The van der Waals surface area contributed by atoms with Crippen molar-refractivity contribution < 1.29 is 26.4 Å². The lowest BCUT2D eigenvalue weighted by Crippen LogP contribution is -2.31. The third-order valence-electron chi connectivity index (χ3n) is 4.48. The molecule has 0 saturated carbocycles. The number of benzene rings is 3. The SMILES string of the molecule is Cc1ccc(C(=O)NS(=O)(=O)c2ccc(S(C)(=O)=O)cc2)c(OCc2ccc(Br)cc2)c1. The molecular weight excluding hydrogens is 518 g/mol. The largest absolute Gasteiger partial charge is 0.488 e. The van der Waals surface area contributed by atoms with Crippen LogP contribution in [0.4, 0.5) is 0 Å². The summed E-state index contributed by atoms with van der Waals surface area (Å²) in [6.07, 6.45) is 1.02. The molecule has 0 aromatic heterocycles. The Morgan fingerprint density at radius 2 is 1.50 bits per heavy atom. The van der Waals surface area contributed by atoms with Gasteiger partial charge in [0.25, 0.3) is 15.9 Å². The zero-order valence-electron chi connectivity index (χ0n) is 17.2. The zero-order valence-corrected chi connectivity index (χ0v) is 20.4. The molecular formula is C22H20BrNO6S2. The Hall–Kier alpha value is -2.69. The Labute approximate surface area is 195 Å². The standard InChI is InChI=1S/C22H20BrNO6S2/c1-15-3-12-20(21(13-15)30-14-16-4-6-17(23)7-5-16)22(25)24-32(28,29)19-10-8-18(9-11-19)31(2,26)27/h3-13H,14H2,1-2H3,(H,24,25). The number of ether oxygens (including phenoxy) is 1. The molecule has 0 aliphatic carbocycles. The summed E-state index contributed by atoms with van der Waals surface area (Å²) in [5.74, 6) is -0.615. The number of hydrogen-bond donors (Lipinski definition) is 1. The van der Waals surface area contributed by atoms with Gasteiger partial charge in [0.1, 0.15) is 12.4 Å². The van der Waals surface area contributed by atoms with Crippen LogP contribution < -0.4 is 9.46 Å². The Bertz CT molecular complexity index is 1350. The van der Waals surface area contributed by atoms with Crippen molar-refractivity contribution in [1.82, 2.24) is 4.72 Å². The molecule has 0 atom stereocenters. The molecule has 0 saturated heterocycles. The maximum absolute atomic E-state index is 12.8. The average molecular weight is 538 g/mol. The van der Waals surface area contributed by atoms with Crippen LogP contribution in [0.15, 0.2) is 81.0 Å². The first-order valence-electron chi connectivity index (χ1n) is 9.31. The highest BCUT2D eigenvalue weighted by atomic mass is 79.9. The van der Waals surface area contributed by atoms with Gasteiger partial charge in [0, 0.05) is 10.7 Å². The van der Waals surface area contributed by atoms with E-state index in [-0.39, 0.29) is 27.7 Å². The molecule has 3 aromatic carbocycles. The normalized spacial score (nSPS) is 11.7. The van der Waals surface area contributed by atoms with E-state index in [0.29, 0.717) is 0 Å². The van der Waals surface area contributed by atoms with Crippen molar-refractivity contribution in [2.24, 2.45) is 0 Å². The van der Waals surface area contributed by atoms with E-state index >= 15 is 0 Å². The number of nitrogens with one attached hydrogen (secondary N) is 1. The van der Waals surface area contributed by atoms with Gasteiger partial charge in [-0.3, -0.25) is 4.79 Å². The fraction of sp³-hybridized carbons (Fsp3) is 0.136. The number of hydrogen-bond acceptors (Lipinski definition) is 6. The summed E-state index contributed by atoms with van der Waals surface area (Å²) in [7, 11) is -7.70. The van der Waals surface area contributed by atoms with E-state index in [1.54, 1.807) is 12.1 Å². The van der Waals surface area contributed by atoms with Gasteiger partial charge in [0.2, 0.25) is 0 Å². The fourth-order valence-corrected chi connectivity index (χ4v) is 4.64. The van der Waals surface area contributed by atoms with E-state index in [2.05, 4.69) is 15.9 Å². The molecule has 10 heteroatoms. The number of sulfonamides is 1. The Balaban J connectivity index is 1.81. The van der Waals surface area contributed by atoms with E-state index in [4.69, 9.17) is 4.74 Å². The second-order valence-electron chi connectivity index (χ2n) is 7.09. The van der Waals surface area contributed by atoms with Crippen LogP contribution in [0.25, 0.3) is 0 Å². The Kier molecular flexibility index (Phi) is 7.06. The molecule has 0 unspecified atom stereocenters. The van der Waals surface area contributed by atoms with Gasteiger partial charge in [-0.25, -0.2) is 21.6 Å². The summed E-state index contributed by atoms with van der Waals surface area (Å²) in [6, 6.07) is 16.9. The van der Waals surface area contributed by atoms with Crippen molar-refractivity contribution in [2.45, 2.75) is 23.3 Å².